The largest absolute Gasteiger partial charge is 0.486 e. The average Bonchev–Trinajstić information content (AvgIpc) is 3.22. The van der Waals surface area contributed by atoms with Gasteiger partial charge >= 0.3 is 0 Å². The van der Waals surface area contributed by atoms with Gasteiger partial charge in [-0.25, -0.2) is 0 Å². The predicted octanol–water partition coefficient (Wildman–Crippen LogP) is 5.76. The van der Waals surface area contributed by atoms with Crippen molar-refractivity contribution >= 4 is 34.2 Å². The van der Waals surface area contributed by atoms with Crippen LogP contribution in [0.2, 0.25) is 0 Å². The van der Waals surface area contributed by atoms with Crippen molar-refractivity contribution in [3.05, 3.63) is 48.2 Å². The molecule has 0 saturated heterocycles. The maximum Gasteiger partial charge on any atom is 0.293 e. The zero-order chi connectivity index (χ0) is 22.6. The first-order valence-corrected chi connectivity index (χ1v) is 11.7. The van der Waals surface area contributed by atoms with Crippen molar-refractivity contribution in [1.82, 2.24) is 0 Å². The first-order chi connectivity index (χ1) is 16.2. The van der Waals surface area contributed by atoms with E-state index in [0.717, 1.165) is 6.42 Å². The number of ether oxygens (including phenoxy) is 2. The summed E-state index contributed by atoms with van der Waals surface area (Å²) in [5.41, 5.74) is 1.51. The number of fused-ring (bicyclic) bond motifs is 2. The lowest BCUT2D eigenvalue weighted by Crippen LogP contribution is -2.18. The minimum atomic E-state index is -0.439. The number of furan rings is 1. The van der Waals surface area contributed by atoms with Crippen LogP contribution in [0.5, 0.6) is 11.5 Å². The second-order valence-electron chi connectivity index (χ2n) is 8.71. The number of nitrogens with one attached hydrogen (secondary N) is 2. The third-order valence-electron chi connectivity index (χ3n) is 6.37. The minimum absolute atomic E-state index is 0.0807. The van der Waals surface area contributed by atoms with Gasteiger partial charge < -0.3 is 24.5 Å². The molecular weight excluding hydrogens is 420 g/mol. The number of carbonyl (C=O) groups excluding carboxylic acids is 2. The molecule has 2 heterocycles. The number of para-hydroxylation sites is 1. The van der Waals surface area contributed by atoms with E-state index in [4.69, 9.17) is 13.9 Å². The standard InChI is InChI=1S/C26H28N2O5/c29-23(13-10-17-6-2-1-3-7-17)28-24-19-8-4-5-9-20(19)33-25(24)26(30)27-18-11-12-21-22(16-18)32-15-14-31-21/h4-5,8-9,11-12,16-17H,1-3,6-7,10,13-15H2,(H,27,30)(H,28,29). The zero-order valence-electron chi connectivity index (χ0n) is 18.5. The molecule has 2 N–H and O–H groups in total. The molecule has 33 heavy (non-hydrogen) atoms. The fourth-order valence-electron chi connectivity index (χ4n) is 4.65. The Morgan fingerprint density at radius 2 is 1.70 bits per heavy atom. The molecule has 0 atom stereocenters. The predicted molar refractivity (Wildman–Crippen MR) is 126 cm³/mol. The highest BCUT2D eigenvalue weighted by Crippen LogP contribution is 2.35. The Morgan fingerprint density at radius 3 is 2.55 bits per heavy atom. The summed E-state index contributed by atoms with van der Waals surface area (Å²) in [5, 5.41) is 6.50. The normalized spacial score (nSPS) is 15.9. The molecule has 7 heteroatoms. The van der Waals surface area contributed by atoms with Gasteiger partial charge in [0.25, 0.3) is 5.91 Å². The van der Waals surface area contributed by atoms with E-state index in [1.54, 1.807) is 24.3 Å². The Labute approximate surface area is 192 Å². The van der Waals surface area contributed by atoms with Crippen LogP contribution in [0.15, 0.2) is 46.9 Å². The van der Waals surface area contributed by atoms with E-state index < -0.39 is 5.91 Å². The van der Waals surface area contributed by atoms with Gasteiger partial charge in [0.2, 0.25) is 11.7 Å². The molecular formula is C26H28N2O5. The molecule has 5 rings (SSSR count). The summed E-state index contributed by atoms with van der Waals surface area (Å²) in [4.78, 5) is 25.9. The molecule has 0 unspecified atom stereocenters. The number of hydrogen-bond acceptors (Lipinski definition) is 5. The van der Waals surface area contributed by atoms with Crippen LogP contribution in [0.1, 0.15) is 55.5 Å². The smallest absolute Gasteiger partial charge is 0.293 e. The van der Waals surface area contributed by atoms with Crippen LogP contribution in [0.4, 0.5) is 11.4 Å². The summed E-state index contributed by atoms with van der Waals surface area (Å²) in [7, 11) is 0. The monoisotopic (exact) mass is 448 g/mol. The molecule has 1 aromatic heterocycles. The highest BCUT2D eigenvalue weighted by Gasteiger charge is 2.24. The van der Waals surface area contributed by atoms with Gasteiger partial charge in [-0.3, -0.25) is 9.59 Å². The quantitative estimate of drug-likeness (QED) is 0.501. The lowest BCUT2D eigenvalue weighted by Gasteiger charge is -2.21. The van der Waals surface area contributed by atoms with Crippen molar-refractivity contribution < 1.29 is 23.5 Å². The molecule has 0 radical (unpaired) electrons. The van der Waals surface area contributed by atoms with Crippen LogP contribution < -0.4 is 20.1 Å². The Morgan fingerprint density at radius 1 is 0.909 bits per heavy atom. The third kappa shape index (κ3) is 4.82. The number of carbonyl (C=O) groups is 2. The van der Waals surface area contributed by atoms with Gasteiger partial charge in [-0.2, -0.15) is 0 Å². The first-order valence-electron chi connectivity index (χ1n) is 11.7. The molecule has 1 aliphatic carbocycles. The summed E-state index contributed by atoms with van der Waals surface area (Å²) in [6.45, 7) is 0.965. The van der Waals surface area contributed by atoms with Crippen LogP contribution in [-0.4, -0.2) is 25.0 Å². The van der Waals surface area contributed by atoms with Crippen LogP contribution in [0, 0.1) is 5.92 Å². The van der Waals surface area contributed by atoms with Crippen LogP contribution in [0.25, 0.3) is 11.0 Å². The van der Waals surface area contributed by atoms with E-state index in [0.29, 0.717) is 59.4 Å². The van der Waals surface area contributed by atoms with E-state index in [1.807, 2.05) is 18.2 Å². The van der Waals surface area contributed by atoms with Crippen molar-refractivity contribution in [2.45, 2.75) is 44.9 Å². The second kappa shape index (κ2) is 9.57. The molecule has 7 nitrogen and oxygen atoms in total. The molecule has 2 aliphatic rings. The molecule has 172 valence electrons. The summed E-state index contributed by atoms with van der Waals surface area (Å²) in [6.07, 6.45) is 7.52. The first kappa shape index (κ1) is 21.4. The topological polar surface area (TPSA) is 89.8 Å². The van der Waals surface area contributed by atoms with Crippen molar-refractivity contribution in [1.29, 1.82) is 0 Å². The van der Waals surface area contributed by atoms with Crippen molar-refractivity contribution in [3.8, 4) is 11.5 Å². The SMILES string of the molecule is O=C(CCC1CCCCC1)Nc1c(C(=O)Nc2ccc3c(c2)OCCO3)oc2ccccc12. The van der Waals surface area contributed by atoms with Crippen molar-refractivity contribution in [3.63, 3.8) is 0 Å². The molecule has 2 amide bonds. The van der Waals surface area contributed by atoms with Crippen LogP contribution in [0.3, 0.4) is 0 Å². The van der Waals surface area contributed by atoms with E-state index in [9.17, 15) is 9.59 Å². The Balaban J connectivity index is 1.33. The number of benzene rings is 2. The fraction of sp³-hybridized carbons (Fsp3) is 0.385. The molecule has 1 aliphatic heterocycles. The van der Waals surface area contributed by atoms with Gasteiger partial charge in [-0.15, -0.1) is 0 Å². The van der Waals surface area contributed by atoms with Crippen LogP contribution >= 0.6 is 0 Å². The molecule has 1 fully saturated rings. The van der Waals surface area contributed by atoms with E-state index in [-0.39, 0.29) is 11.7 Å². The average molecular weight is 449 g/mol. The summed E-state index contributed by atoms with van der Waals surface area (Å²) in [6, 6.07) is 12.6. The number of hydrogen-bond donors (Lipinski definition) is 2. The third-order valence-corrected chi connectivity index (χ3v) is 6.37. The maximum atomic E-state index is 13.1. The van der Waals surface area contributed by atoms with Gasteiger partial charge in [0, 0.05) is 23.6 Å². The number of anilines is 2. The van der Waals surface area contributed by atoms with Gasteiger partial charge in [-0.05, 0) is 36.6 Å². The van der Waals surface area contributed by atoms with Gasteiger partial charge in [-0.1, -0.05) is 44.2 Å². The zero-order valence-corrected chi connectivity index (χ0v) is 18.5. The lowest BCUT2D eigenvalue weighted by atomic mass is 9.86. The maximum absolute atomic E-state index is 13.1. The Kier molecular flexibility index (Phi) is 6.19. The highest BCUT2D eigenvalue weighted by atomic mass is 16.6. The fourth-order valence-corrected chi connectivity index (χ4v) is 4.65. The summed E-state index contributed by atoms with van der Waals surface area (Å²) in [5.74, 6) is 1.39. The highest BCUT2D eigenvalue weighted by molar-refractivity contribution is 6.14. The van der Waals surface area contributed by atoms with E-state index in [1.165, 1.54) is 32.1 Å². The minimum Gasteiger partial charge on any atom is -0.486 e. The summed E-state index contributed by atoms with van der Waals surface area (Å²) >= 11 is 0. The summed E-state index contributed by atoms with van der Waals surface area (Å²) < 4.78 is 17.0. The van der Waals surface area contributed by atoms with Crippen LogP contribution in [-0.2, 0) is 4.79 Å². The molecule has 0 bridgehead atoms. The lowest BCUT2D eigenvalue weighted by molar-refractivity contribution is -0.116. The van der Waals surface area contributed by atoms with E-state index in [2.05, 4.69) is 10.6 Å². The Hall–Kier alpha value is -3.48. The molecule has 3 aromatic rings. The van der Waals surface area contributed by atoms with Gasteiger partial charge in [0.15, 0.2) is 11.5 Å². The van der Waals surface area contributed by atoms with E-state index >= 15 is 0 Å². The van der Waals surface area contributed by atoms with Crippen molar-refractivity contribution in [2.75, 3.05) is 23.8 Å². The molecule has 0 spiro atoms. The molecule has 2 aromatic carbocycles. The van der Waals surface area contributed by atoms with Crippen molar-refractivity contribution in [2.24, 2.45) is 5.92 Å². The Bertz CT molecular complexity index is 1160. The number of rotatable bonds is 6. The van der Waals surface area contributed by atoms with Gasteiger partial charge in [0.05, 0.1) is 0 Å². The van der Waals surface area contributed by atoms with Gasteiger partial charge in [0.1, 0.15) is 24.5 Å². The molecule has 1 saturated carbocycles. The second-order valence-corrected chi connectivity index (χ2v) is 8.71. The number of amides is 2.